The Morgan fingerprint density at radius 2 is 1.81 bits per heavy atom. The number of nitrogens with one attached hydrogen (secondary N) is 2. The number of hydrogen-bond donors (Lipinski definition) is 2. The molecule has 4 nitrogen and oxygen atoms in total. The average molecular weight is 226 g/mol. The zero-order chi connectivity index (χ0) is 11.2. The van der Waals surface area contributed by atoms with E-state index < -0.39 is 0 Å². The molecule has 1 atom stereocenters. The Labute approximate surface area is 97.1 Å². The first-order chi connectivity index (χ1) is 7.86. The van der Waals surface area contributed by atoms with Gasteiger partial charge in [0.1, 0.15) is 0 Å². The second-order valence-corrected chi connectivity index (χ2v) is 4.85. The van der Waals surface area contributed by atoms with Crippen LogP contribution >= 0.6 is 0 Å². The first kappa shape index (κ1) is 11.9. The molecule has 2 aliphatic rings. The summed E-state index contributed by atoms with van der Waals surface area (Å²) in [5.74, 6) is 0.00815. The molecule has 1 unspecified atom stereocenters. The quantitative estimate of drug-likeness (QED) is 0.717. The highest BCUT2D eigenvalue weighted by Gasteiger charge is 2.22. The Kier molecular flexibility index (Phi) is 4.60. The van der Waals surface area contributed by atoms with Gasteiger partial charge >= 0.3 is 0 Å². The van der Waals surface area contributed by atoms with Crippen LogP contribution in [0.3, 0.4) is 0 Å². The van der Waals surface area contributed by atoms with Gasteiger partial charge in [0.05, 0.1) is 12.1 Å². The van der Waals surface area contributed by atoms with Gasteiger partial charge in [0.2, 0.25) is 0 Å². The molecule has 1 heterocycles. The molecular weight excluding hydrogens is 204 g/mol. The van der Waals surface area contributed by atoms with Gasteiger partial charge in [0, 0.05) is 0 Å². The minimum atomic E-state index is -0.0519. The molecule has 2 N–H and O–H groups in total. The molecule has 4 heteroatoms. The maximum Gasteiger partial charge on any atom is 0.260 e. The largest absolute Gasteiger partial charge is 0.306 e. The fraction of sp³-hybridized carbons (Fsp3) is 0.917. The van der Waals surface area contributed by atoms with Crippen molar-refractivity contribution in [3.8, 4) is 0 Å². The normalized spacial score (nSPS) is 27.6. The van der Waals surface area contributed by atoms with Crippen LogP contribution in [-0.2, 0) is 9.63 Å². The van der Waals surface area contributed by atoms with E-state index in [-0.39, 0.29) is 18.1 Å². The highest BCUT2D eigenvalue weighted by molar-refractivity contribution is 5.80. The lowest BCUT2D eigenvalue weighted by Crippen LogP contribution is -2.44. The molecule has 0 spiro atoms. The first-order valence-corrected chi connectivity index (χ1v) is 6.55. The predicted molar refractivity (Wildman–Crippen MR) is 61.7 cm³/mol. The Morgan fingerprint density at radius 3 is 2.62 bits per heavy atom. The molecule has 1 saturated heterocycles. The molecule has 2 rings (SSSR count). The van der Waals surface area contributed by atoms with Crippen molar-refractivity contribution in [1.29, 1.82) is 0 Å². The highest BCUT2D eigenvalue weighted by atomic mass is 16.7. The Morgan fingerprint density at radius 1 is 1.06 bits per heavy atom. The van der Waals surface area contributed by atoms with Crippen LogP contribution in [0.4, 0.5) is 0 Å². The van der Waals surface area contributed by atoms with E-state index in [0.29, 0.717) is 0 Å². The molecule has 16 heavy (non-hydrogen) atoms. The molecule has 0 aromatic carbocycles. The zero-order valence-electron chi connectivity index (χ0n) is 9.84. The van der Waals surface area contributed by atoms with Crippen LogP contribution in [0.15, 0.2) is 0 Å². The summed E-state index contributed by atoms with van der Waals surface area (Å²) in [5, 5.41) is 3.26. The predicted octanol–water partition coefficient (Wildman–Crippen LogP) is 1.51. The maximum atomic E-state index is 11.8. The average Bonchev–Trinajstić information content (AvgIpc) is 2.66. The van der Waals surface area contributed by atoms with Crippen molar-refractivity contribution >= 4 is 5.91 Å². The van der Waals surface area contributed by atoms with Gasteiger partial charge in [0.15, 0.2) is 0 Å². The van der Waals surface area contributed by atoms with Crippen molar-refractivity contribution in [2.45, 2.75) is 63.5 Å². The summed E-state index contributed by atoms with van der Waals surface area (Å²) in [5.41, 5.74) is 2.62. The Hall–Kier alpha value is -0.610. The molecule has 92 valence electrons. The third-order valence-corrected chi connectivity index (χ3v) is 3.51. The van der Waals surface area contributed by atoms with Crippen LogP contribution in [0.25, 0.3) is 0 Å². The third-order valence-electron chi connectivity index (χ3n) is 3.51. The lowest BCUT2D eigenvalue weighted by molar-refractivity contribution is -0.140. The van der Waals surface area contributed by atoms with E-state index in [2.05, 4.69) is 10.8 Å². The molecular formula is C12H22N2O2. The van der Waals surface area contributed by atoms with Crippen molar-refractivity contribution in [2.24, 2.45) is 0 Å². The minimum Gasteiger partial charge on any atom is -0.306 e. The van der Waals surface area contributed by atoms with Gasteiger partial charge in [-0.05, 0) is 32.2 Å². The van der Waals surface area contributed by atoms with E-state index in [1.807, 2.05) is 0 Å². The van der Waals surface area contributed by atoms with Crippen molar-refractivity contribution in [2.75, 3.05) is 6.54 Å². The summed E-state index contributed by atoms with van der Waals surface area (Å²) in [6.45, 7) is 0.946. The molecule has 1 saturated carbocycles. The summed E-state index contributed by atoms with van der Waals surface area (Å²) in [7, 11) is 0. The summed E-state index contributed by atoms with van der Waals surface area (Å²) in [6, 6.07) is -0.0519. The molecule has 2 fully saturated rings. The van der Waals surface area contributed by atoms with Gasteiger partial charge in [-0.2, -0.15) is 0 Å². The summed E-state index contributed by atoms with van der Waals surface area (Å²) < 4.78 is 0. The Balaban J connectivity index is 1.69. The van der Waals surface area contributed by atoms with Gasteiger partial charge in [-0.25, -0.2) is 5.48 Å². The van der Waals surface area contributed by atoms with E-state index in [1.165, 1.54) is 25.7 Å². The molecule has 0 aromatic heterocycles. The smallest absolute Gasteiger partial charge is 0.260 e. The van der Waals surface area contributed by atoms with E-state index in [4.69, 9.17) is 4.84 Å². The molecule has 1 aliphatic carbocycles. The van der Waals surface area contributed by atoms with Crippen molar-refractivity contribution in [3.05, 3.63) is 0 Å². The molecule has 0 bridgehead atoms. The van der Waals surface area contributed by atoms with Crippen LogP contribution in [0, 0.1) is 0 Å². The van der Waals surface area contributed by atoms with Crippen LogP contribution < -0.4 is 10.8 Å². The maximum absolute atomic E-state index is 11.8. The van der Waals surface area contributed by atoms with E-state index in [9.17, 15) is 4.79 Å². The van der Waals surface area contributed by atoms with Gasteiger partial charge in [-0.15, -0.1) is 0 Å². The SMILES string of the molecule is O=C(NOC1CCCC1)C1CCCCCN1. The first-order valence-electron chi connectivity index (χ1n) is 6.55. The van der Waals surface area contributed by atoms with Crippen molar-refractivity contribution in [3.63, 3.8) is 0 Å². The number of carbonyl (C=O) groups excluding carboxylic acids is 1. The summed E-state index contributed by atoms with van der Waals surface area (Å²) in [6.07, 6.45) is 9.32. The second-order valence-electron chi connectivity index (χ2n) is 4.85. The lowest BCUT2D eigenvalue weighted by Gasteiger charge is -2.17. The number of rotatable bonds is 3. The standard InChI is InChI=1S/C12H22N2O2/c15-12(11-8-2-1-5-9-13-11)14-16-10-6-3-4-7-10/h10-11,13H,1-9H2,(H,14,15). The number of carbonyl (C=O) groups is 1. The minimum absolute atomic E-state index is 0.00815. The third kappa shape index (κ3) is 3.46. The van der Waals surface area contributed by atoms with Crippen molar-refractivity contribution in [1.82, 2.24) is 10.8 Å². The van der Waals surface area contributed by atoms with Gasteiger partial charge in [-0.3, -0.25) is 9.63 Å². The molecule has 1 amide bonds. The van der Waals surface area contributed by atoms with E-state index >= 15 is 0 Å². The van der Waals surface area contributed by atoms with Gasteiger partial charge in [-0.1, -0.05) is 25.7 Å². The zero-order valence-corrected chi connectivity index (χ0v) is 9.84. The monoisotopic (exact) mass is 226 g/mol. The topological polar surface area (TPSA) is 50.4 Å². The van der Waals surface area contributed by atoms with Crippen LogP contribution in [0.5, 0.6) is 0 Å². The van der Waals surface area contributed by atoms with Crippen molar-refractivity contribution < 1.29 is 9.63 Å². The van der Waals surface area contributed by atoms with Crippen LogP contribution in [0.1, 0.15) is 51.4 Å². The van der Waals surface area contributed by atoms with E-state index in [1.54, 1.807) is 0 Å². The highest BCUT2D eigenvalue weighted by Crippen LogP contribution is 2.20. The fourth-order valence-corrected chi connectivity index (χ4v) is 2.47. The van der Waals surface area contributed by atoms with E-state index in [0.717, 1.165) is 32.2 Å². The summed E-state index contributed by atoms with van der Waals surface area (Å²) >= 11 is 0. The molecule has 1 aliphatic heterocycles. The van der Waals surface area contributed by atoms with Gasteiger partial charge in [0.25, 0.3) is 5.91 Å². The number of amides is 1. The number of hydroxylamine groups is 1. The second kappa shape index (κ2) is 6.21. The number of hydrogen-bond acceptors (Lipinski definition) is 3. The van der Waals surface area contributed by atoms with Gasteiger partial charge < -0.3 is 5.32 Å². The Bertz CT molecular complexity index is 219. The van der Waals surface area contributed by atoms with Crippen LogP contribution in [0.2, 0.25) is 0 Å². The lowest BCUT2D eigenvalue weighted by atomic mass is 10.1. The molecule has 0 aromatic rings. The molecule has 0 radical (unpaired) electrons. The fourth-order valence-electron chi connectivity index (χ4n) is 2.47. The van der Waals surface area contributed by atoms with Crippen LogP contribution in [-0.4, -0.2) is 24.6 Å². The summed E-state index contributed by atoms with van der Waals surface area (Å²) in [4.78, 5) is 17.2.